The molecule has 12 heteroatoms. The van der Waals surface area contributed by atoms with Crippen molar-refractivity contribution in [3.63, 3.8) is 0 Å². The molecule has 0 radical (unpaired) electrons. The second-order valence-electron chi connectivity index (χ2n) is 8.72. The number of nitrogens with one attached hydrogen (secondary N) is 2. The molecule has 0 fully saturated rings. The van der Waals surface area contributed by atoms with Crippen LogP contribution >= 0.6 is 23.1 Å². The summed E-state index contributed by atoms with van der Waals surface area (Å²) in [6.45, 7) is 4.83. The SMILES string of the molecule is CCCCn1c(CNC(=O)c2cccc(F)c2)nnc1SCC(=O)Nc1sc2c(c1C(=O)OCC)CCC2. The Labute approximate surface area is 228 Å². The van der Waals surface area contributed by atoms with Gasteiger partial charge in [-0.25, -0.2) is 9.18 Å². The molecular weight excluding hydrogens is 529 g/mol. The van der Waals surface area contributed by atoms with Gasteiger partial charge in [0.2, 0.25) is 5.91 Å². The van der Waals surface area contributed by atoms with Gasteiger partial charge in [0.15, 0.2) is 11.0 Å². The lowest BCUT2D eigenvalue weighted by molar-refractivity contribution is -0.113. The number of nitrogens with zero attached hydrogens (tertiary/aromatic N) is 3. The number of unbranched alkanes of at least 4 members (excludes halogenated alkanes) is 1. The van der Waals surface area contributed by atoms with E-state index < -0.39 is 17.7 Å². The van der Waals surface area contributed by atoms with Gasteiger partial charge in [0.1, 0.15) is 10.8 Å². The van der Waals surface area contributed by atoms with Gasteiger partial charge in [0.05, 0.1) is 24.5 Å². The molecule has 0 spiro atoms. The summed E-state index contributed by atoms with van der Waals surface area (Å²) in [5.41, 5.74) is 1.68. The monoisotopic (exact) mass is 559 g/mol. The van der Waals surface area contributed by atoms with Gasteiger partial charge < -0.3 is 19.9 Å². The number of hydrogen-bond donors (Lipinski definition) is 2. The van der Waals surface area contributed by atoms with Crippen LogP contribution in [0.5, 0.6) is 0 Å². The highest BCUT2D eigenvalue weighted by Gasteiger charge is 2.28. The first-order valence-corrected chi connectivity index (χ1v) is 14.4. The molecule has 2 N–H and O–H groups in total. The number of amides is 2. The molecule has 38 heavy (non-hydrogen) atoms. The third-order valence-electron chi connectivity index (χ3n) is 6.01. The molecule has 2 heterocycles. The number of aromatic nitrogens is 3. The van der Waals surface area contributed by atoms with Gasteiger partial charge in [0, 0.05) is 17.0 Å². The Kier molecular flexibility index (Phi) is 9.51. The molecule has 9 nitrogen and oxygen atoms in total. The van der Waals surface area contributed by atoms with Crippen LogP contribution in [-0.4, -0.2) is 44.9 Å². The minimum absolute atomic E-state index is 0.0741. The lowest BCUT2D eigenvalue weighted by Gasteiger charge is -2.11. The zero-order valence-electron chi connectivity index (χ0n) is 21.3. The average molecular weight is 560 g/mol. The van der Waals surface area contributed by atoms with Crippen molar-refractivity contribution >= 4 is 45.9 Å². The summed E-state index contributed by atoms with van der Waals surface area (Å²) in [5.74, 6) is -0.938. The van der Waals surface area contributed by atoms with Crippen LogP contribution in [0.3, 0.4) is 0 Å². The van der Waals surface area contributed by atoms with Crippen LogP contribution in [0.2, 0.25) is 0 Å². The van der Waals surface area contributed by atoms with E-state index in [1.54, 1.807) is 6.92 Å². The summed E-state index contributed by atoms with van der Waals surface area (Å²) in [6.07, 6.45) is 4.51. The van der Waals surface area contributed by atoms with Crippen molar-refractivity contribution in [2.75, 3.05) is 17.7 Å². The molecule has 2 amide bonds. The van der Waals surface area contributed by atoms with Crippen molar-refractivity contribution in [3.05, 3.63) is 57.5 Å². The van der Waals surface area contributed by atoms with Crippen LogP contribution in [0.1, 0.15) is 70.1 Å². The quantitative estimate of drug-likeness (QED) is 0.246. The Morgan fingerprint density at radius 2 is 2.05 bits per heavy atom. The fourth-order valence-corrected chi connectivity index (χ4v) is 6.27. The summed E-state index contributed by atoms with van der Waals surface area (Å²) in [5, 5.41) is 15.2. The van der Waals surface area contributed by atoms with Crippen molar-refractivity contribution < 1.29 is 23.5 Å². The average Bonchev–Trinajstić information content (AvgIpc) is 3.59. The van der Waals surface area contributed by atoms with E-state index in [1.165, 1.54) is 47.4 Å². The van der Waals surface area contributed by atoms with Crippen LogP contribution in [0.4, 0.5) is 9.39 Å². The van der Waals surface area contributed by atoms with Crippen LogP contribution in [0.25, 0.3) is 0 Å². The van der Waals surface area contributed by atoms with Crippen molar-refractivity contribution in [2.45, 2.75) is 64.2 Å². The van der Waals surface area contributed by atoms with Gasteiger partial charge >= 0.3 is 5.97 Å². The number of hydrogen-bond acceptors (Lipinski definition) is 8. The largest absolute Gasteiger partial charge is 0.462 e. The Bertz CT molecular complexity index is 1320. The topological polar surface area (TPSA) is 115 Å². The number of benzene rings is 1. The lowest BCUT2D eigenvalue weighted by Crippen LogP contribution is -2.25. The molecule has 1 aliphatic carbocycles. The van der Waals surface area contributed by atoms with E-state index >= 15 is 0 Å². The number of aryl methyl sites for hydroxylation is 1. The van der Waals surface area contributed by atoms with Gasteiger partial charge in [-0.05, 0) is 56.4 Å². The maximum Gasteiger partial charge on any atom is 0.341 e. The smallest absolute Gasteiger partial charge is 0.341 e. The molecular formula is C26H30FN5O4S2. The predicted octanol–water partition coefficient (Wildman–Crippen LogP) is 4.61. The summed E-state index contributed by atoms with van der Waals surface area (Å²) in [6, 6.07) is 5.47. The molecule has 0 aliphatic heterocycles. The number of carbonyl (C=O) groups is 3. The number of thiophene rings is 1. The number of thioether (sulfide) groups is 1. The number of ether oxygens (including phenoxy) is 1. The second kappa shape index (κ2) is 13.0. The molecule has 0 atom stereocenters. The van der Waals surface area contributed by atoms with Crippen LogP contribution < -0.4 is 10.6 Å². The van der Waals surface area contributed by atoms with Crippen LogP contribution in [-0.2, 0) is 35.5 Å². The number of carbonyl (C=O) groups excluding carboxylic acids is 3. The number of rotatable bonds is 12. The van der Waals surface area contributed by atoms with E-state index in [0.717, 1.165) is 42.5 Å². The maximum absolute atomic E-state index is 13.5. The Balaban J connectivity index is 1.41. The van der Waals surface area contributed by atoms with E-state index in [-0.39, 0.29) is 30.4 Å². The van der Waals surface area contributed by atoms with Crippen molar-refractivity contribution in [2.24, 2.45) is 0 Å². The second-order valence-corrected chi connectivity index (χ2v) is 10.8. The van der Waals surface area contributed by atoms with Crippen LogP contribution in [0, 0.1) is 5.82 Å². The molecule has 1 aromatic carbocycles. The summed E-state index contributed by atoms with van der Waals surface area (Å²) in [4.78, 5) is 39.0. The fourth-order valence-electron chi connectivity index (χ4n) is 4.19. The van der Waals surface area contributed by atoms with Gasteiger partial charge in [-0.15, -0.1) is 21.5 Å². The lowest BCUT2D eigenvalue weighted by atomic mass is 10.1. The zero-order chi connectivity index (χ0) is 27.1. The first-order valence-electron chi connectivity index (χ1n) is 12.6. The third kappa shape index (κ3) is 6.60. The summed E-state index contributed by atoms with van der Waals surface area (Å²) >= 11 is 2.68. The van der Waals surface area contributed by atoms with E-state index in [1.807, 2.05) is 4.57 Å². The van der Waals surface area contributed by atoms with Crippen molar-refractivity contribution in [3.8, 4) is 0 Å². The first kappa shape index (κ1) is 27.8. The van der Waals surface area contributed by atoms with E-state index in [9.17, 15) is 18.8 Å². The summed E-state index contributed by atoms with van der Waals surface area (Å²) in [7, 11) is 0. The van der Waals surface area contributed by atoms with Crippen molar-refractivity contribution in [1.29, 1.82) is 0 Å². The van der Waals surface area contributed by atoms with Gasteiger partial charge in [-0.3, -0.25) is 9.59 Å². The summed E-state index contributed by atoms with van der Waals surface area (Å²) < 4.78 is 20.6. The number of fused-ring (bicyclic) bond motifs is 1. The molecule has 0 saturated heterocycles. The minimum Gasteiger partial charge on any atom is -0.462 e. The molecule has 0 bridgehead atoms. The van der Waals surface area contributed by atoms with E-state index in [2.05, 4.69) is 27.8 Å². The molecule has 3 aromatic rings. The molecule has 4 rings (SSSR count). The number of esters is 1. The minimum atomic E-state index is -0.484. The maximum atomic E-state index is 13.5. The number of halogens is 1. The molecule has 0 unspecified atom stereocenters. The highest BCUT2D eigenvalue weighted by molar-refractivity contribution is 7.99. The normalized spacial score (nSPS) is 12.3. The fraction of sp³-hybridized carbons (Fsp3) is 0.423. The molecule has 0 saturated carbocycles. The predicted molar refractivity (Wildman–Crippen MR) is 144 cm³/mol. The third-order valence-corrected chi connectivity index (χ3v) is 8.18. The van der Waals surface area contributed by atoms with E-state index in [4.69, 9.17) is 4.74 Å². The van der Waals surface area contributed by atoms with Gasteiger partial charge in [0.25, 0.3) is 5.91 Å². The Hall–Kier alpha value is -3.25. The number of anilines is 1. The highest BCUT2D eigenvalue weighted by atomic mass is 32.2. The first-order chi connectivity index (χ1) is 18.4. The van der Waals surface area contributed by atoms with Crippen molar-refractivity contribution in [1.82, 2.24) is 20.1 Å². The molecule has 2 aromatic heterocycles. The Morgan fingerprint density at radius 3 is 2.82 bits per heavy atom. The van der Waals surface area contributed by atoms with Gasteiger partial charge in [-0.1, -0.05) is 31.2 Å². The van der Waals surface area contributed by atoms with Crippen LogP contribution in [0.15, 0.2) is 29.4 Å². The standard InChI is InChI=1S/C26H30FN5O4S2/c1-3-5-12-32-20(14-28-23(34)16-8-6-9-17(27)13-16)30-31-26(32)37-15-21(33)29-24-22(25(35)36-4-2)18-10-7-11-19(18)38-24/h6,8-9,13H,3-5,7,10-12,14-15H2,1-2H3,(H,28,34)(H,29,33). The molecule has 202 valence electrons. The zero-order valence-corrected chi connectivity index (χ0v) is 23.0. The van der Waals surface area contributed by atoms with E-state index in [0.29, 0.717) is 28.1 Å². The van der Waals surface area contributed by atoms with Gasteiger partial charge in [-0.2, -0.15) is 0 Å². The molecule has 1 aliphatic rings. The Morgan fingerprint density at radius 1 is 1.21 bits per heavy atom. The highest BCUT2D eigenvalue weighted by Crippen LogP contribution is 2.39.